The number of likely N-dealkylation sites (N-methyl/N-ethyl adjacent to an activating group) is 2. The molecule has 11 nitrogen and oxygen atoms in total. The van der Waals surface area contributed by atoms with Gasteiger partial charge in [-0.1, -0.05) is 87.2 Å². The predicted molar refractivity (Wildman–Crippen MR) is 195 cm³/mol. The van der Waals surface area contributed by atoms with E-state index in [1.165, 1.54) is 48.3 Å². The van der Waals surface area contributed by atoms with E-state index in [1.54, 1.807) is 0 Å². The first-order chi connectivity index (χ1) is 24.9. The highest BCUT2D eigenvalue weighted by Gasteiger charge is 2.36. The van der Waals surface area contributed by atoms with Crippen LogP contribution >= 0.6 is 0 Å². The van der Waals surface area contributed by atoms with E-state index in [0.717, 1.165) is 17.2 Å². The van der Waals surface area contributed by atoms with Gasteiger partial charge in [0.15, 0.2) is 5.75 Å². The highest BCUT2D eigenvalue weighted by Crippen LogP contribution is 2.27. The second kappa shape index (κ2) is 18.5. The number of aromatic carboxylic acids is 1. The number of fused-ring (bicyclic) bond motifs is 1. The maximum absolute atomic E-state index is 14.4. The summed E-state index contributed by atoms with van der Waals surface area (Å²) >= 11 is 0. The van der Waals surface area contributed by atoms with Gasteiger partial charge in [0.1, 0.15) is 36.7 Å². The lowest BCUT2D eigenvalue weighted by molar-refractivity contribution is -0.143. The number of benzene rings is 3. The molecule has 2 N–H and O–H groups in total. The first-order valence-electron chi connectivity index (χ1n) is 17.0. The molecule has 0 aliphatic heterocycles. The molecular weight excluding hydrogens is 667 g/mol. The number of hydrogen-bond donors (Lipinski definition) is 2. The van der Waals surface area contributed by atoms with E-state index >= 15 is 0 Å². The van der Waals surface area contributed by atoms with Crippen molar-refractivity contribution in [1.82, 2.24) is 20.1 Å². The zero-order valence-electron chi connectivity index (χ0n) is 29.8. The molecule has 0 spiro atoms. The van der Waals surface area contributed by atoms with Crippen LogP contribution in [0, 0.1) is 11.7 Å². The maximum Gasteiger partial charge on any atom is 0.410 e. The molecule has 3 aromatic carbocycles. The fourth-order valence-corrected chi connectivity index (χ4v) is 5.88. The molecule has 0 aliphatic rings. The summed E-state index contributed by atoms with van der Waals surface area (Å²) in [5, 5.41) is 13.2. The maximum atomic E-state index is 14.4. The zero-order chi connectivity index (χ0) is 37.8. The molecule has 0 saturated heterocycles. The molecule has 0 bridgehead atoms. The fourth-order valence-electron chi connectivity index (χ4n) is 5.88. The van der Waals surface area contributed by atoms with E-state index in [9.17, 15) is 28.7 Å². The van der Waals surface area contributed by atoms with Crippen LogP contribution in [0.2, 0.25) is 0 Å². The van der Waals surface area contributed by atoms with Crippen molar-refractivity contribution in [3.8, 4) is 5.75 Å². The number of rotatable bonds is 17. The van der Waals surface area contributed by atoms with Crippen LogP contribution in [0.5, 0.6) is 5.75 Å². The van der Waals surface area contributed by atoms with Crippen LogP contribution in [-0.4, -0.2) is 89.2 Å². The van der Waals surface area contributed by atoms with Gasteiger partial charge in [-0.25, -0.2) is 14.0 Å². The van der Waals surface area contributed by atoms with Gasteiger partial charge in [0.2, 0.25) is 11.8 Å². The van der Waals surface area contributed by atoms with E-state index in [0.29, 0.717) is 12.8 Å². The number of carboxylic acid groups (broad SMARTS) is 1. The van der Waals surface area contributed by atoms with Crippen molar-refractivity contribution in [2.24, 2.45) is 5.92 Å². The second-order valence-corrected chi connectivity index (χ2v) is 12.9. The van der Waals surface area contributed by atoms with Crippen LogP contribution in [0.4, 0.5) is 9.18 Å². The minimum atomic E-state index is -1.32. The van der Waals surface area contributed by atoms with Gasteiger partial charge in [0, 0.05) is 25.9 Å². The van der Waals surface area contributed by atoms with Crippen LogP contribution < -0.4 is 10.1 Å². The number of pyridine rings is 1. The summed E-state index contributed by atoms with van der Waals surface area (Å²) in [5.41, 5.74) is 1.70. The summed E-state index contributed by atoms with van der Waals surface area (Å²) in [6, 6.07) is 19.6. The summed E-state index contributed by atoms with van der Waals surface area (Å²) in [7, 11) is 3.03. The molecule has 0 saturated carbocycles. The Morgan fingerprint density at radius 3 is 2.15 bits per heavy atom. The molecule has 3 amide bonds. The van der Waals surface area contributed by atoms with E-state index in [2.05, 4.69) is 16.9 Å². The van der Waals surface area contributed by atoms with Crippen molar-refractivity contribution in [3.63, 3.8) is 0 Å². The summed E-state index contributed by atoms with van der Waals surface area (Å²) in [6.45, 7) is 7.24. The number of ether oxygens (including phenoxy) is 2. The van der Waals surface area contributed by atoms with Crippen LogP contribution in [0.1, 0.15) is 41.8 Å². The van der Waals surface area contributed by atoms with Gasteiger partial charge in [0.05, 0.1) is 17.8 Å². The average molecular weight is 713 g/mol. The minimum absolute atomic E-state index is 0.0222. The Kier molecular flexibility index (Phi) is 13.8. The van der Waals surface area contributed by atoms with Gasteiger partial charge in [-0.05, 0) is 48.1 Å². The average Bonchev–Trinajstić information content (AvgIpc) is 3.13. The highest BCUT2D eigenvalue weighted by molar-refractivity contribution is 6.05. The summed E-state index contributed by atoms with van der Waals surface area (Å²) < 4.78 is 25.4. The van der Waals surface area contributed by atoms with Gasteiger partial charge in [-0.2, -0.15) is 0 Å². The molecule has 4 aromatic rings. The quantitative estimate of drug-likeness (QED) is 0.129. The van der Waals surface area contributed by atoms with E-state index in [4.69, 9.17) is 9.47 Å². The standard InChI is InChI=1S/C40H45FN4O7/c1-6-19-51-40(50)45(5)34(20-26(2)3)38(47)44(4)33(22-28-15-11-8-12-16-28)37(46)43-30(21-27-13-9-7-10-14-27)25-52-35-24-42-32-18-17-29(41)23-31(32)36(35)39(48)49/h6-18,23-24,26,30,33-34H,1,19-22,25H2,2-5H3,(H,43,46)(H,48,49)/t30-,33-,34+/m1/s1. The number of hydrogen-bond acceptors (Lipinski definition) is 7. The number of carboxylic acids is 1. The monoisotopic (exact) mass is 712 g/mol. The molecule has 3 atom stereocenters. The molecule has 0 aliphatic carbocycles. The molecule has 12 heteroatoms. The summed E-state index contributed by atoms with van der Waals surface area (Å²) in [5.74, 6) is -2.94. The lowest BCUT2D eigenvalue weighted by Crippen LogP contribution is -2.57. The summed E-state index contributed by atoms with van der Waals surface area (Å²) in [4.78, 5) is 60.6. The minimum Gasteiger partial charge on any atom is -0.489 e. The Labute approximate surface area is 303 Å². The topological polar surface area (TPSA) is 138 Å². The third-order valence-corrected chi connectivity index (χ3v) is 8.57. The SMILES string of the molecule is C=CCOC(=O)N(C)[C@@H](CC(C)C)C(=O)N(C)[C@H](Cc1ccccc1)C(=O)N[C@@H](COc1cnc2ccc(F)cc2c1C(=O)O)Cc1ccccc1. The highest BCUT2D eigenvalue weighted by atomic mass is 19.1. The van der Waals surface area contributed by atoms with Crippen molar-refractivity contribution in [3.05, 3.63) is 120 Å². The normalized spacial score (nSPS) is 12.7. The number of nitrogens with zero attached hydrogens (tertiary/aromatic N) is 3. The largest absolute Gasteiger partial charge is 0.489 e. The van der Waals surface area contributed by atoms with Gasteiger partial charge >= 0.3 is 12.1 Å². The fraction of sp³-hybridized carbons (Fsp3) is 0.325. The van der Waals surface area contributed by atoms with Crippen molar-refractivity contribution in [2.75, 3.05) is 27.3 Å². The summed E-state index contributed by atoms with van der Waals surface area (Å²) in [6.07, 6.45) is 2.79. The van der Waals surface area contributed by atoms with Crippen LogP contribution in [0.25, 0.3) is 10.9 Å². The Morgan fingerprint density at radius 1 is 0.923 bits per heavy atom. The molecule has 52 heavy (non-hydrogen) atoms. The smallest absolute Gasteiger partial charge is 0.410 e. The molecule has 4 rings (SSSR count). The number of nitrogens with one attached hydrogen (secondary N) is 1. The van der Waals surface area contributed by atoms with Gasteiger partial charge in [-0.3, -0.25) is 19.5 Å². The lowest BCUT2D eigenvalue weighted by atomic mass is 9.98. The Balaban J connectivity index is 1.66. The van der Waals surface area contributed by atoms with E-state index in [1.807, 2.05) is 74.5 Å². The van der Waals surface area contributed by atoms with E-state index in [-0.39, 0.29) is 47.8 Å². The van der Waals surface area contributed by atoms with Crippen molar-refractivity contribution in [1.29, 1.82) is 0 Å². The number of aromatic nitrogens is 1. The molecule has 0 radical (unpaired) electrons. The van der Waals surface area contributed by atoms with Crippen molar-refractivity contribution >= 4 is 34.8 Å². The lowest BCUT2D eigenvalue weighted by Gasteiger charge is -2.35. The molecule has 0 fully saturated rings. The third-order valence-electron chi connectivity index (χ3n) is 8.57. The molecular formula is C40H45FN4O7. The zero-order valence-corrected chi connectivity index (χ0v) is 29.8. The van der Waals surface area contributed by atoms with Crippen LogP contribution in [0.3, 0.4) is 0 Å². The predicted octanol–water partition coefficient (Wildman–Crippen LogP) is 5.92. The second-order valence-electron chi connectivity index (χ2n) is 12.9. The van der Waals surface area contributed by atoms with Gasteiger partial charge in [0.25, 0.3) is 0 Å². The third kappa shape index (κ3) is 10.4. The van der Waals surface area contributed by atoms with Crippen LogP contribution in [0.15, 0.2) is 97.7 Å². The van der Waals surface area contributed by atoms with Crippen LogP contribution in [-0.2, 0) is 27.2 Å². The van der Waals surface area contributed by atoms with E-state index < -0.39 is 47.8 Å². The first-order valence-corrected chi connectivity index (χ1v) is 17.0. The number of amides is 3. The number of carbonyl (C=O) groups is 4. The van der Waals surface area contributed by atoms with Gasteiger partial charge in [-0.15, -0.1) is 0 Å². The molecule has 1 heterocycles. The molecule has 0 unspecified atom stereocenters. The Bertz CT molecular complexity index is 1860. The van der Waals surface area contributed by atoms with Crippen molar-refractivity contribution < 1.29 is 38.1 Å². The first kappa shape index (κ1) is 39.0. The van der Waals surface area contributed by atoms with Gasteiger partial charge < -0.3 is 24.8 Å². The molecule has 1 aromatic heterocycles. The Hall–Kier alpha value is -5.78. The molecule has 274 valence electrons. The Morgan fingerprint density at radius 2 is 1.56 bits per heavy atom. The number of carbonyl (C=O) groups excluding carboxylic acids is 3. The van der Waals surface area contributed by atoms with Crippen molar-refractivity contribution in [2.45, 2.75) is 51.2 Å². The number of halogens is 1.